The first-order valence-electron chi connectivity index (χ1n) is 3.66. The number of hydrogen-bond donors (Lipinski definition) is 1. The van der Waals surface area contributed by atoms with Crippen molar-refractivity contribution in [2.75, 3.05) is 5.73 Å². The SMILES string of the molecule is Nc1ccc(Cl)cc1C(F)(F)C(F)(F)Br. The summed E-state index contributed by atoms with van der Waals surface area (Å²) in [6.45, 7) is 0. The van der Waals surface area contributed by atoms with Gasteiger partial charge in [0, 0.05) is 10.7 Å². The molecule has 0 saturated heterocycles. The Bertz CT molecular complexity index is 377. The zero-order valence-corrected chi connectivity index (χ0v) is 9.42. The van der Waals surface area contributed by atoms with Gasteiger partial charge in [0.15, 0.2) is 0 Å². The lowest BCUT2D eigenvalue weighted by Crippen LogP contribution is -2.32. The van der Waals surface area contributed by atoms with Crippen LogP contribution in [0.5, 0.6) is 0 Å². The highest BCUT2D eigenvalue weighted by Crippen LogP contribution is 2.48. The highest BCUT2D eigenvalue weighted by Gasteiger charge is 2.56. The summed E-state index contributed by atoms with van der Waals surface area (Å²) in [4.78, 5) is -4.38. The van der Waals surface area contributed by atoms with Crippen molar-refractivity contribution in [3.05, 3.63) is 28.8 Å². The van der Waals surface area contributed by atoms with E-state index in [2.05, 4.69) is 0 Å². The molecule has 1 aromatic rings. The van der Waals surface area contributed by atoms with Gasteiger partial charge >= 0.3 is 10.8 Å². The van der Waals surface area contributed by atoms with Gasteiger partial charge in [0.25, 0.3) is 0 Å². The Labute approximate surface area is 96.3 Å². The molecule has 0 unspecified atom stereocenters. The summed E-state index contributed by atoms with van der Waals surface area (Å²) in [6.07, 6.45) is 0. The van der Waals surface area contributed by atoms with Gasteiger partial charge < -0.3 is 5.73 Å². The third-order valence-electron chi connectivity index (χ3n) is 1.71. The number of halogens is 6. The molecule has 0 amide bonds. The van der Waals surface area contributed by atoms with Crippen molar-refractivity contribution in [1.82, 2.24) is 0 Å². The van der Waals surface area contributed by atoms with Crippen molar-refractivity contribution >= 4 is 33.2 Å². The van der Waals surface area contributed by atoms with E-state index in [4.69, 9.17) is 17.3 Å². The average Bonchev–Trinajstić information content (AvgIpc) is 2.07. The van der Waals surface area contributed by atoms with E-state index in [0.29, 0.717) is 6.07 Å². The van der Waals surface area contributed by atoms with Crippen molar-refractivity contribution in [3.63, 3.8) is 0 Å². The molecule has 0 fully saturated rings. The first kappa shape index (κ1) is 12.6. The molecule has 1 rings (SSSR count). The zero-order chi connectivity index (χ0) is 11.9. The number of nitrogen functional groups attached to an aromatic ring is 1. The van der Waals surface area contributed by atoms with Gasteiger partial charge in [-0.1, -0.05) is 11.6 Å². The van der Waals surface area contributed by atoms with Gasteiger partial charge in [-0.25, -0.2) is 0 Å². The third-order valence-corrected chi connectivity index (χ3v) is 2.44. The van der Waals surface area contributed by atoms with Crippen LogP contribution in [0.1, 0.15) is 5.56 Å². The molecule has 1 aromatic carbocycles. The lowest BCUT2D eigenvalue weighted by Gasteiger charge is -2.23. The normalized spacial score (nSPS) is 12.9. The molecule has 1 nitrogen and oxygen atoms in total. The van der Waals surface area contributed by atoms with E-state index in [1.165, 1.54) is 6.07 Å². The summed E-state index contributed by atoms with van der Waals surface area (Å²) in [7, 11) is 0. The fourth-order valence-electron chi connectivity index (χ4n) is 0.953. The van der Waals surface area contributed by atoms with E-state index in [1.54, 1.807) is 15.9 Å². The molecule has 0 aromatic heterocycles. The molecule has 0 radical (unpaired) electrons. The molecule has 0 saturated carbocycles. The standard InChI is InChI=1S/C8H5BrClF4N/c9-8(13,14)7(11,12)5-3-4(10)1-2-6(5)15/h1-3H,15H2. The Morgan fingerprint density at radius 3 is 2.20 bits per heavy atom. The van der Waals surface area contributed by atoms with E-state index < -0.39 is 22.0 Å². The molecular formula is C8H5BrClF4N. The zero-order valence-electron chi connectivity index (χ0n) is 7.08. The van der Waals surface area contributed by atoms with Gasteiger partial charge in [0.1, 0.15) is 0 Å². The predicted octanol–water partition coefficient (Wildman–Crippen LogP) is 4.00. The van der Waals surface area contributed by atoms with Gasteiger partial charge in [-0.3, -0.25) is 0 Å². The monoisotopic (exact) mass is 305 g/mol. The maximum Gasteiger partial charge on any atom is 0.367 e. The molecular weight excluding hydrogens is 301 g/mol. The lowest BCUT2D eigenvalue weighted by atomic mass is 10.1. The quantitative estimate of drug-likeness (QED) is 0.499. The molecule has 0 aliphatic heterocycles. The smallest absolute Gasteiger partial charge is 0.367 e. The predicted molar refractivity (Wildman–Crippen MR) is 53.6 cm³/mol. The highest BCUT2D eigenvalue weighted by molar-refractivity contribution is 9.10. The van der Waals surface area contributed by atoms with Crippen LogP contribution in [0.3, 0.4) is 0 Å². The Hall–Kier alpha value is -0.490. The minimum absolute atomic E-state index is 0.0874. The minimum Gasteiger partial charge on any atom is -0.398 e. The van der Waals surface area contributed by atoms with Crippen LogP contribution in [0.4, 0.5) is 23.2 Å². The molecule has 0 spiro atoms. The van der Waals surface area contributed by atoms with Crippen LogP contribution in [0.15, 0.2) is 18.2 Å². The van der Waals surface area contributed by atoms with Crippen molar-refractivity contribution < 1.29 is 17.6 Å². The van der Waals surface area contributed by atoms with Crippen LogP contribution in [0.25, 0.3) is 0 Å². The molecule has 0 aliphatic carbocycles. The van der Waals surface area contributed by atoms with Crippen LogP contribution in [0, 0.1) is 0 Å². The van der Waals surface area contributed by atoms with E-state index in [1.807, 2.05) is 0 Å². The van der Waals surface area contributed by atoms with Crippen molar-refractivity contribution in [1.29, 1.82) is 0 Å². The average molecular weight is 306 g/mol. The minimum atomic E-state index is -4.41. The fourth-order valence-corrected chi connectivity index (χ4v) is 1.34. The van der Waals surface area contributed by atoms with Crippen LogP contribution in [-0.4, -0.2) is 4.83 Å². The largest absolute Gasteiger partial charge is 0.398 e. The molecule has 15 heavy (non-hydrogen) atoms. The van der Waals surface area contributed by atoms with E-state index in [0.717, 1.165) is 6.07 Å². The first-order chi connectivity index (χ1) is 6.66. The van der Waals surface area contributed by atoms with Gasteiger partial charge in [-0.2, -0.15) is 17.6 Å². The van der Waals surface area contributed by atoms with Gasteiger partial charge in [0.05, 0.1) is 5.56 Å². The number of rotatable bonds is 2. The number of benzene rings is 1. The molecule has 84 valence electrons. The first-order valence-corrected chi connectivity index (χ1v) is 4.83. The second-order valence-corrected chi connectivity index (χ2v) is 4.24. The van der Waals surface area contributed by atoms with Crippen LogP contribution >= 0.6 is 27.5 Å². The Morgan fingerprint density at radius 1 is 1.20 bits per heavy atom. The summed E-state index contributed by atoms with van der Waals surface area (Å²) < 4.78 is 51.5. The van der Waals surface area contributed by atoms with E-state index >= 15 is 0 Å². The van der Waals surface area contributed by atoms with Gasteiger partial charge in [-0.05, 0) is 34.1 Å². The molecule has 0 heterocycles. The summed E-state index contributed by atoms with van der Waals surface area (Å²) in [6, 6.07) is 3.00. The maximum atomic E-state index is 13.2. The van der Waals surface area contributed by atoms with Crippen molar-refractivity contribution in [2.45, 2.75) is 10.8 Å². The van der Waals surface area contributed by atoms with Crippen molar-refractivity contribution in [3.8, 4) is 0 Å². The highest BCUT2D eigenvalue weighted by atomic mass is 79.9. The van der Waals surface area contributed by atoms with Crippen LogP contribution in [0.2, 0.25) is 5.02 Å². The Balaban J connectivity index is 3.32. The molecule has 7 heteroatoms. The van der Waals surface area contributed by atoms with Crippen molar-refractivity contribution in [2.24, 2.45) is 0 Å². The van der Waals surface area contributed by atoms with E-state index in [9.17, 15) is 17.6 Å². The number of alkyl halides is 5. The molecule has 0 aliphatic rings. The second-order valence-electron chi connectivity index (χ2n) is 2.80. The molecule has 2 N–H and O–H groups in total. The summed E-state index contributed by atoms with van der Waals surface area (Å²) in [5.41, 5.74) is 3.74. The Morgan fingerprint density at radius 2 is 1.73 bits per heavy atom. The summed E-state index contributed by atoms with van der Waals surface area (Å²) >= 11 is 7.04. The van der Waals surface area contributed by atoms with Crippen LogP contribution in [-0.2, 0) is 5.92 Å². The van der Waals surface area contributed by atoms with E-state index in [-0.39, 0.29) is 5.02 Å². The summed E-state index contributed by atoms with van der Waals surface area (Å²) in [5.74, 6) is -4.41. The number of nitrogens with two attached hydrogens (primary N) is 1. The lowest BCUT2D eigenvalue weighted by molar-refractivity contribution is -0.153. The molecule has 0 atom stereocenters. The van der Waals surface area contributed by atoms with Crippen LogP contribution < -0.4 is 5.73 Å². The number of anilines is 1. The second kappa shape index (κ2) is 3.83. The maximum absolute atomic E-state index is 13.2. The summed E-state index contributed by atoms with van der Waals surface area (Å²) in [5, 5.41) is -0.0874. The van der Waals surface area contributed by atoms with Gasteiger partial charge in [0.2, 0.25) is 0 Å². The number of hydrogen-bond acceptors (Lipinski definition) is 1. The van der Waals surface area contributed by atoms with Gasteiger partial charge in [-0.15, -0.1) is 0 Å². The third kappa shape index (κ3) is 2.36. The fraction of sp³-hybridized carbons (Fsp3) is 0.250. The Kier molecular flexibility index (Phi) is 3.21. The topological polar surface area (TPSA) is 26.0 Å². The molecule has 0 bridgehead atoms.